The second-order valence-corrected chi connectivity index (χ2v) is 6.77. The third-order valence-electron chi connectivity index (χ3n) is 3.60. The normalized spacial score (nSPS) is 16.9. The number of amides is 1. The SMILES string of the molecule is COCCOc1cccc(/C=C2\SC(=Nc3cccc(C)c3)NC2=O)c1. The van der Waals surface area contributed by atoms with Crippen molar-refractivity contribution in [2.45, 2.75) is 6.92 Å². The Labute approximate surface area is 157 Å². The Morgan fingerprint density at radius 3 is 2.81 bits per heavy atom. The van der Waals surface area contributed by atoms with Crippen LogP contribution >= 0.6 is 11.8 Å². The van der Waals surface area contributed by atoms with Crippen molar-refractivity contribution >= 4 is 34.6 Å². The Kier molecular flexibility index (Phi) is 6.09. The molecule has 0 aromatic heterocycles. The predicted octanol–water partition coefficient (Wildman–Crippen LogP) is 3.91. The molecule has 0 saturated carbocycles. The number of ether oxygens (including phenoxy) is 2. The molecule has 0 atom stereocenters. The van der Waals surface area contributed by atoms with Gasteiger partial charge in [0.15, 0.2) is 5.17 Å². The molecule has 0 radical (unpaired) electrons. The molecule has 0 unspecified atom stereocenters. The summed E-state index contributed by atoms with van der Waals surface area (Å²) >= 11 is 1.33. The first-order valence-electron chi connectivity index (χ1n) is 8.22. The zero-order valence-electron chi connectivity index (χ0n) is 14.7. The van der Waals surface area contributed by atoms with E-state index in [9.17, 15) is 4.79 Å². The van der Waals surface area contributed by atoms with Gasteiger partial charge in [-0.25, -0.2) is 4.99 Å². The monoisotopic (exact) mass is 368 g/mol. The van der Waals surface area contributed by atoms with Crippen LogP contribution in [0.5, 0.6) is 5.75 Å². The fraction of sp³-hybridized carbons (Fsp3) is 0.200. The minimum Gasteiger partial charge on any atom is -0.491 e. The van der Waals surface area contributed by atoms with Crippen LogP contribution in [0.4, 0.5) is 5.69 Å². The summed E-state index contributed by atoms with van der Waals surface area (Å²) in [6, 6.07) is 15.4. The summed E-state index contributed by atoms with van der Waals surface area (Å²) in [5.74, 6) is 0.598. The molecule has 26 heavy (non-hydrogen) atoms. The van der Waals surface area contributed by atoms with E-state index in [0.29, 0.717) is 23.3 Å². The molecule has 1 heterocycles. The van der Waals surface area contributed by atoms with Crippen LogP contribution < -0.4 is 10.1 Å². The molecule has 5 nitrogen and oxygen atoms in total. The molecule has 0 spiro atoms. The number of hydrogen-bond acceptors (Lipinski definition) is 5. The smallest absolute Gasteiger partial charge is 0.264 e. The van der Waals surface area contributed by atoms with E-state index in [1.807, 2.05) is 61.5 Å². The largest absolute Gasteiger partial charge is 0.491 e. The van der Waals surface area contributed by atoms with Crippen molar-refractivity contribution in [3.8, 4) is 5.75 Å². The molecule has 134 valence electrons. The van der Waals surface area contributed by atoms with E-state index in [1.54, 1.807) is 7.11 Å². The summed E-state index contributed by atoms with van der Waals surface area (Å²) in [5, 5.41) is 3.39. The number of aliphatic imine (C=N–C) groups is 1. The summed E-state index contributed by atoms with van der Waals surface area (Å²) in [6.07, 6.45) is 1.84. The topological polar surface area (TPSA) is 59.9 Å². The van der Waals surface area contributed by atoms with Crippen LogP contribution in [0, 0.1) is 6.92 Å². The number of rotatable bonds is 6. The lowest BCUT2D eigenvalue weighted by Crippen LogP contribution is -2.19. The van der Waals surface area contributed by atoms with Crippen LogP contribution in [0.3, 0.4) is 0 Å². The summed E-state index contributed by atoms with van der Waals surface area (Å²) in [4.78, 5) is 17.3. The van der Waals surface area contributed by atoms with Gasteiger partial charge in [0.1, 0.15) is 12.4 Å². The van der Waals surface area contributed by atoms with Gasteiger partial charge in [0.2, 0.25) is 0 Å². The highest BCUT2D eigenvalue weighted by Gasteiger charge is 2.23. The molecular formula is C20H20N2O3S. The van der Waals surface area contributed by atoms with E-state index in [2.05, 4.69) is 10.3 Å². The van der Waals surface area contributed by atoms with Crippen molar-refractivity contribution in [1.29, 1.82) is 0 Å². The lowest BCUT2D eigenvalue weighted by molar-refractivity contribution is -0.115. The predicted molar refractivity (Wildman–Crippen MR) is 106 cm³/mol. The fourth-order valence-electron chi connectivity index (χ4n) is 2.38. The van der Waals surface area contributed by atoms with Gasteiger partial charge in [0.25, 0.3) is 5.91 Å². The summed E-state index contributed by atoms with van der Waals surface area (Å²) in [5.41, 5.74) is 2.85. The van der Waals surface area contributed by atoms with Crippen LogP contribution in [0.2, 0.25) is 0 Å². The Bertz CT molecular complexity index is 862. The van der Waals surface area contributed by atoms with Gasteiger partial charge in [-0.05, 0) is 60.2 Å². The van der Waals surface area contributed by atoms with Crippen LogP contribution in [0.15, 0.2) is 58.4 Å². The zero-order chi connectivity index (χ0) is 18.4. The van der Waals surface area contributed by atoms with Crippen molar-refractivity contribution in [3.63, 3.8) is 0 Å². The maximum Gasteiger partial charge on any atom is 0.264 e. The van der Waals surface area contributed by atoms with Crippen molar-refractivity contribution in [2.75, 3.05) is 20.3 Å². The molecule has 1 amide bonds. The van der Waals surface area contributed by atoms with Gasteiger partial charge in [-0.2, -0.15) is 0 Å². The number of methoxy groups -OCH3 is 1. The van der Waals surface area contributed by atoms with E-state index < -0.39 is 0 Å². The number of aryl methyl sites for hydroxylation is 1. The minimum atomic E-state index is -0.146. The maximum absolute atomic E-state index is 12.2. The summed E-state index contributed by atoms with van der Waals surface area (Å²) in [6.45, 7) is 3.03. The third kappa shape index (κ3) is 4.97. The lowest BCUT2D eigenvalue weighted by Gasteiger charge is -2.06. The Morgan fingerprint density at radius 1 is 1.15 bits per heavy atom. The summed E-state index contributed by atoms with van der Waals surface area (Å²) in [7, 11) is 1.63. The molecule has 0 aliphatic carbocycles. The van der Waals surface area contributed by atoms with Gasteiger partial charge < -0.3 is 14.8 Å². The van der Waals surface area contributed by atoms with E-state index in [-0.39, 0.29) is 5.91 Å². The molecule has 1 N–H and O–H groups in total. The Morgan fingerprint density at radius 2 is 2.00 bits per heavy atom. The first-order chi connectivity index (χ1) is 12.6. The first-order valence-corrected chi connectivity index (χ1v) is 9.04. The molecular weight excluding hydrogens is 348 g/mol. The molecule has 0 bridgehead atoms. The molecule has 1 aliphatic heterocycles. The van der Waals surface area contributed by atoms with Crippen LogP contribution in [0.1, 0.15) is 11.1 Å². The van der Waals surface area contributed by atoms with Crippen LogP contribution in [-0.2, 0) is 9.53 Å². The number of nitrogens with one attached hydrogen (secondary N) is 1. The highest BCUT2D eigenvalue weighted by atomic mass is 32.2. The van der Waals surface area contributed by atoms with Gasteiger partial charge in [0.05, 0.1) is 17.2 Å². The minimum absolute atomic E-state index is 0.146. The Balaban J connectivity index is 1.73. The van der Waals surface area contributed by atoms with Crippen molar-refractivity contribution in [2.24, 2.45) is 4.99 Å². The fourth-order valence-corrected chi connectivity index (χ4v) is 3.23. The number of benzene rings is 2. The van der Waals surface area contributed by atoms with E-state index in [4.69, 9.17) is 9.47 Å². The number of carbonyl (C=O) groups is 1. The van der Waals surface area contributed by atoms with Gasteiger partial charge in [-0.1, -0.05) is 24.3 Å². The van der Waals surface area contributed by atoms with Crippen LogP contribution in [-0.4, -0.2) is 31.4 Å². The maximum atomic E-state index is 12.2. The Hall–Kier alpha value is -2.57. The van der Waals surface area contributed by atoms with E-state index in [0.717, 1.165) is 22.6 Å². The lowest BCUT2D eigenvalue weighted by atomic mass is 10.2. The number of carbonyl (C=O) groups excluding carboxylic acids is 1. The molecule has 1 fully saturated rings. The van der Waals surface area contributed by atoms with Gasteiger partial charge >= 0.3 is 0 Å². The molecule has 2 aromatic carbocycles. The molecule has 3 rings (SSSR count). The van der Waals surface area contributed by atoms with Gasteiger partial charge in [0, 0.05) is 7.11 Å². The van der Waals surface area contributed by atoms with Crippen molar-refractivity contribution in [1.82, 2.24) is 5.32 Å². The molecule has 1 aliphatic rings. The second kappa shape index (κ2) is 8.69. The average molecular weight is 368 g/mol. The standard InChI is InChI=1S/C20H20N2O3S/c1-14-5-3-7-16(11-14)21-20-22-19(23)18(26-20)13-15-6-4-8-17(12-15)25-10-9-24-2/h3-8,11-13H,9-10H2,1-2H3,(H,21,22,23)/b18-13-. The first kappa shape index (κ1) is 18.2. The molecule has 6 heteroatoms. The number of nitrogens with zero attached hydrogens (tertiary/aromatic N) is 1. The van der Waals surface area contributed by atoms with Gasteiger partial charge in [-0.15, -0.1) is 0 Å². The summed E-state index contributed by atoms with van der Waals surface area (Å²) < 4.78 is 10.6. The number of thioether (sulfide) groups is 1. The number of hydrogen-bond donors (Lipinski definition) is 1. The van der Waals surface area contributed by atoms with Crippen LogP contribution in [0.25, 0.3) is 6.08 Å². The third-order valence-corrected chi connectivity index (χ3v) is 4.51. The van der Waals surface area contributed by atoms with Crippen molar-refractivity contribution in [3.05, 3.63) is 64.6 Å². The van der Waals surface area contributed by atoms with Gasteiger partial charge in [-0.3, -0.25) is 4.79 Å². The number of amidine groups is 1. The van der Waals surface area contributed by atoms with E-state index in [1.165, 1.54) is 11.8 Å². The van der Waals surface area contributed by atoms with Crippen molar-refractivity contribution < 1.29 is 14.3 Å². The second-order valence-electron chi connectivity index (χ2n) is 5.73. The molecule has 1 saturated heterocycles. The molecule has 2 aromatic rings. The highest BCUT2D eigenvalue weighted by Crippen LogP contribution is 2.29. The quantitative estimate of drug-likeness (QED) is 0.620. The van der Waals surface area contributed by atoms with E-state index >= 15 is 0 Å². The average Bonchev–Trinajstić information content (AvgIpc) is 2.94. The highest BCUT2D eigenvalue weighted by molar-refractivity contribution is 8.18. The zero-order valence-corrected chi connectivity index (χ0v) is 15.5.